The van der Waals surface area contributed by atoms with Crippen molar-refractivity contribution in [3.05, 3.63) is 0 Å². The topological polar surface area (TPSA) is 6.48 Å². The van der Waals surface area contributed by atoms with Crippen LogP contribution in [0.15, 0.2) is 0 Å². The Labute approximate surface area is 146 Å². The van der Waals surface area contributed by atoms with Gasteiger partial charge in [-0.2, -0.15) is 0 Å². The summed E-state index contributed by atoms with van der Waals surface area (Å²) in [7, 11) is 0. The van der Waals surface area contributed by atoms with Gasteiger partial charge in [-0.05, 0) is 83.7 Å². The third kappa shape index (κ3) is 3.63. The molecule has 2 aliphatic heterocycles. The number of hydrogen-bond acceptors (Lipinski definition) is 2. The molecule has 0 aromatic carbocycles. The lowest BCUT2D eigenvalue weighted by Crippen LogP contribution is -2.65. The van der Waals surface area contributed by atoms with Gasteiger partial charge in [0, 0.05) is 24.2 Å². The van der Waals surface area contributed by atoms with Gasteiger partial charge in [-0.1, -0.05) is 27.7 Å². The Morgan fingerprint density at radius 2 is 1.26 bits per heavy atom. The molecule has 2 heterocycles. The van der Waals surface area contributed by atoms with Crippen LogP contribution in [0.3, 0.4) is 0 Å². The Kier molecular flexibility index (Phi) is 5.30. The van der Waals surface area contributed by atoms with Crippen molar-refractivity contribution in [1.82, 2.24) is 9.80 Å². The standard InChI is InChI=1S/C21H42N2/c1-16(2)17-14-23(15-17)21(8,9)20(6,7)18-10-12-22(13-11-18)19(3,4)5/h16-18H,10-15H2,1-9H3. The Balaban J connectivity index is 1.98. The summed E-state index contributed by atoms with van der Waals surface area (Å²) in [5.74, 6) is 2.59. The summed E-state index contributed by atoms with van der Waals surface area (Å²) >= 11 is 0. The maximum atomic E-state index is 2.76. The normalized spacial score (nSPS) is 24.3. The van der Waals surface area contributed by atoms with Crippen LogP contribution in [0.1, 0.15) is 75.2 Å². The first-order valence-corrected chi connectivity index (χ1v) is 9.87. The number of nitrogens with zero attached hydrogens (tertiary/aromatic N) is 2. The Bertz CT molecular complexity index is 389. The number of likely N-dealkylation sites (tertiary alicyclic amines) is 2. The lowest BCUT2D eigenvalue weighted by atomic mass is 9.61. The van der Waals surface area contributed by atoms with Crippen LogP contribution in [0, 0.1) is 23.2 Å². The minimum Gasteiger partial charge on any atom is -0.298 e. The van der Waals surface area contributed by atoms with E-state index in [9.17, 15) is 0 Å². The van der Waals surface area contributed by atoms with Crippen LogP contribution < -0.4 is 0 Å². The first kappa shape index (κ1) is 19.2. The molecule has 2 fully saturated rings. The molecule has 0 bridgehead atoms. The summed E-state index contributed by atoms with van der Waals surface area (Å²) in [6.45, 7) is 27.0. The first-order chi connectivity index (χ1) is 10.4. The van der Waals surface area contributed by atoms with E-state index in [2.05, 4.69) is 72.1 Å². The predicted octanol–water partition coefficient (Wildman–Crippen LogP) is 4.89. The highest BCUT2D eigenvalue weighted by molar-refractivity contribution is 5.04. The van der Waals surface area contributed by atoms with Crippen LogP contribution in [0.4, 0.5) is 0 Å². The van der Waals surface area contributed by atoms with Crippen LogP contribution >= 0.6 is 0 Å². The molecule has 2 saturated heterocycles. The Hall–Kier alpha value is -0.0800. The van der Waals surface area contributed by atoms with Crippen molar-refractivity contribution < 1.29 is 0 Å². The van der Waals surface area contributed by atoms with Gasteiger partial charge in [0.2, 0.25) is 0 Å². The van der Waals surface area contributed by atoms with Gasteiger partial charge in [-0.25, -0.2) is 0 Å². The molecule has 0 aliphatic carbocycles. The Morgan fingerprint density at radius 1 is 0.783 bits per heavy atom. The molecule has 2 nitrogen and oxygen atoms in total. The minimum absolute atomic E-state index is 0.299. The number of hydrogen-bond donors (Lipinski definition) is 0. The molecule has 2 aliphatic rings. The van der Waals surface area contributed by atoms with E-state index < -0.39 is 0 Å². The zero-order valence-corrected chi connectivity index (χ0v) is 17.4. The third-order valence-corrected chi connectivity index (χ3v) is 7.68. The van der Waals surface area contributed by atoms with Gasteiger partial charge in [0.05, 0.1) is 0 Å². The monoisotopic (exact) mass is 322 g/mol. The molecule has 2 heteroatoms. The molecule has 0 N–H and O–H groups in total. The van der Waals surface area contributed by atoms with Crippen LogP contribution in [0.25, 0.3) is 0 Å². The molecule has 2 rings (SSSR count). The van der Waals surface area contributed by atoms with Crippen molar-refractivity contribution in [2.24, 2.45) is 23.2 Å². The quantitative estimate of drug-likeness (QED) is 0.727. The molecule has 0 aromatic heterocycles. The van der Waals surface area contributed by atoms with Crippen molar-refractivity contribution in [1.29, 1.82) is 0 Å². The second-order valence-corrected chi connectivity index (χ2v) is 10.6. The fraction of sp³-hybridized carbons (Fsp3) is 1.00. The highest BCUT2D eigenvalue weighted by Gasteiger charge is 2.50. The third-order valence-electron chi connectivity index (χ3n) is 7.68. The van der Waals surface area contributed by atoms with Gasteiger partial charge in [-0.3, -0.25) is 9.80 Å². The van der Waals surface area contributed by atoms with Crippen molar-refractivity contribution in [2.75, 3.05) is 26.2 Å². The maximum absolute atomic E-state index is 2.76. The largest absolute Gasteiger partial charge is 0.298 e. The van der Waals surface area contributed by atoms with Crippen LogP contribution in [0.5, 0.6) is 0 Å². The summed E-state index contributed by atoms with van der Waals surface area (Å²) in [5, 5.41) is 0. The zero-order valence-electron chi connectivity index (χ0n) is 17.4. The summed E-state index contributed by atoms with van der Waals surface area (Å²) in [6.07, 6.45) is 2.71. The summed E-state index contributed by atoms with van der Waals surface area (Å²) in [6, 6.07) is 0. The van der Waals surface area contributed by atoms with E-state index in [0.717, 1.165) is 17.8 Å². The molecule has 0 amide bonds. The van der Waals surface area contributed by atoms with Crippen molar-refractivity contribution >= 4 is 0 Å². The second-order valence-electron chi connectivity index (χ2n) is 10.6. The van der Waals surface area contributed by atoms with Gasteiger partial charge < -0.3 is 0 Å². The van der Waals surface area contributed by atoms with Crippen molar-refractivity contribution in [2.45, 2.75) is 86.2 Å². The fourth-order valence-electron chi connectivity index (χ4n) is 4.57. The van der Waals surface area contributed by atoms with E-state index in [1.54, 1.807) is 0 Å². The zero-order chi connectivity index (χ0) is 17.6. The molecular weight excluding hydrogens is 280 g/mol. The van der Waals surface area contributed by atoms with E-state index in [0.29, 0.717) is 16.5 Å². The highest BCUT2D eigenvalue weighted by atomic mass is 15.3. The van der Waals surface area contributed by atoms with E-state index in [-0.39, 0.29) is 0 Å². The van der Waals surface area contributed by atoms with E-state index in [4.69, 9.17) is 0 Å². The predicted molar refractivity (Wildman–Crippen MR) is 102 cm³/mol. The number of piperidine rings is 1. The summed E-state index contributed by atoms with van der Waals surface area (Å²) in [5.41, 5.74) is 0.998. The molecular formula is C21H42N2. The summed E-state index contributed by atoms with van der Waals surface area (Å²) in [4.78, 5) is 5.43. The first-order valence-electron chi connectivity index (χ1n) is 9.87. The molecule has 0 aromatic rings. The van der Waals surface area contributed by atoms with Crippen molar-refractivity contribution in [3.8, 4) is 0 Å². The molecule has 0 saturated carbocycles. The van der Waals surface area contributed by atoms with E-state index in [1.165, 1.54) is 39.0 Å². The average Bonchev–Trinajstić information content (AvgIpc) is 2.34. The molecule has 0 radical (unpaired) electrons. The van der Waals surface area contributed by atoms with Crippen LogP contribution in [-0.4, -0.2) is 47.1 Å². The SMILES string of the molecule is CC(C)C1CN(C(C)(C)C(C)(C)C2CCN(C(C)(C)C)CC2)C1. The lowest BCUT2D eigenvalue weighted by Gasteiger charge is -2.60. The molecule has 0 unspecified atom stereocenters. The van der Waals surface area contributed by atoms with Crippen LogP contribution in [-0.2, 0) is 0 Å². The van der Waals surface area contributed by atoms with Crippen LogP contribution in [0.2, 0.25) is 0 Å². The van der Waals surface area contributed by atoms with Gasteiger partial charge in [-0.15, -0.1) is 0 Å². The maximum Gasteiger partial charge on any atom is 0.0207 e. The average molecular weight is 323 g/mol. The van der Waals surface area contributed by atoms with Gasteiger partial charge in [0.25, 0.3) is 0 Å². The fourth-order valence-corrected chi connectivity index (χ4v) is 4.57. The van der Waals surface area contributed by atoms with Gasteiger partial charge >= 0.3 is 0 Å². The molecule has 0 spiro atoms. The molecule has 136 valence electrons. The van der Waals surface area contributed by atoms with E-state index >= 15 is 0 Å². The van der Waals surface area contributed by atoms with Crippen molar-refractivity contribution in [3.63, 3.8) is 0 Å². The lowest BCUT2D eigenvalue weighted by molar-refractivity contribution is -0.105. The Morgan fingerprint density at radius 3 is 1.65 bits per heavy atom. The molecule has 23 heavy (non-hydrogen) atoms. The van der Waals surface area contributed by atoms with Gasteiger partial charge in [0.15, 0.2) is 0 Å². The summed E-state index contributed by atoms with van der Waals surface area (Å²) < 4.78 is 0. The molecule has 0 atom stereocenters. The van der Waals surface area contributed by atoms with E-state index in [1.807, 2.05) is 0 Å². The minimum atomic E-state index is 0.299. The highest BCUT2D eigenvalue weighted by Crippen LogP contribution is 2.48. The van der Waals surface area contributed by atoms with Gasteiger partial charge in [0.1, 0.15) is 0 Å². The second kappa shape index (κ2) is 6.33. The smallest absolute Gasteiger partial charge is 0.0207 e. The number of rotatable bonds is 4.